The summed E-state index contributed by atoms with van der Waals surface area (Å²) in [6.07, 6.45) is 4.15. The molecule has 1 aromatic carbocycles. The third-order valence-electron chi connectivity index (χ3n) is 4.95. The second-order valence-corrected chi connectivity index (χ2v) is 8.07. The van der Waals surface area contributed by atoms with Crippen LogP contribution >= 0.6 is 15.9 Å². The van der Waals surface area contributed by atoms with E-state index in [0.29, 0.717) is 23.1 Å². The number of benzene rings is 1. The molecule has 4 rings (SSSR count). The number of hydrogen-bond acceptors (Lipinski definition) is 5. The lowest BCUT2D eigenvalue weighted by atomic mass is 9.99. The highest BCUT2D eigenvalue weighted by Gasteiger charge is 2.42. The molecule has 1 aliphatic rings. The maximum Gasteiger partial charge on any atom is 0.290 e. The van der Waals surface area contributed by atoms with Crippen molar-refractivity contribution in [2.75, 3.05) is 27.2 Å². The van der Waals surface area contributed by atoms with Crippen molar-refractivity contribution in [1.29, 1.82) is 0 Å². The van der Waals surface area contributed by atoms with E-state index in [-0.39, 0.29) is 17.1 Å². The highest BCUT2D eigenvalue weighted by molar-refractivity contribution is 9.10. The third-order valence-corrected chi connectivity index (χ3v) is 5.45. The van der Waals surface area contributed by atoms with Crippen LogP contribution in [-0.4, -0.2) is 47.9 Å². The Morgan fingerprint density at radius 3 is 2.64 bits per heavy atom. The Hall–Kier alpha value is -2.51. The molecule has 3 heterocycles. The van der Waals surface area contributed by atoms with E-state index in [2.05, 4.69) is 25.8 Å². The first-order valence-electron chi connectivity index (χ1n) is 9.09. The highest BCUT2D eigenvalue weighted by Crippen LogP contribution is 2.38. The fraction of sp³-hybridized carbons (Fsp3) is 0.286. The number of carbonyl (C=O) groups excluding carboxylic acids is 1. The Bertz CT molecular complexity index is 1100. The number of aromatic nitrogens is 1. The van der Waals surface area contributed by atoms with E-state index in [4.69, 9.17) is 4.42 Å². The Balaban J connectivity index is 1.88. The van der Waals surface area contributed by atoms with Crippen LogP contribution in [0.3, 0.4) is 0 Å². The summed E-state index contributed by atoms with van der Waals surface area (Å²) >= 11 is 3.41. The van der Waals surface area contributed by atoms with Crippen molar-refractivity contribution < 1.29 is 9.21 Å². The highest BCUT2D eigenvalue weighted by atomic mass is 79.9. The lowest BCUT2D eigenvalue weighted by Gasteiger charge is -2.25. The second kappa shape index (κ2) is 7.48. The van der Waals surface area contributed by atoms with Gasteiger partial charge in [-0.05, 0) is 63.0 Å². The van der Waals surface area contributed by atoms with Gasteiger partial charge in [-0.25, -0.2) is 0 Å². The maximum absolute atomic E-state index is 13.3. The molecule has 0 aliphatic carbocycles. The minimum Gasteiger partial charge on any atom is -0.450 e. The molecule has 0 spiro atoms. The molecule has 7 heteroatoms. The summed E-state index contributed by atoms with van der Waals surface area (Å²) < 4.78 is 6.72. The Labute approximate surface area is 170 Å². The first-order valence-corrected chi connectivity index (χ1v) is 9.88. The van der Waals surface area contributed by atoms with Crippen molar-refractivity contribution in [3.8, 4) is 0 Å². The van der Waals surface area contributed by atoms with E-state index < -0.39 is 6.04 Å². The molecule has 0 bridgehead atoms. The zero-order valence-electron chi connectivity index (χ0n) is 15.7. The second-order valence-electron chi connectivity index (χ2n) is 7.15. The van der Waals surface area contributed by atoms with Crippen LogP contribution in [0, 0.1) is 0 Å². The maximum atomic E-state index is 13.3. The molecule has 1 unspecified atom stereocenters. The van der Waals surface area contributed by atoms with Crippen molar-refractivity contribution >= 4 is 32.8 Å². The van der Waals surface area contributed by atoms with E-state index in [1.807, 2.05) is 26.2 Å². The first-order chi connectivity index (χ1) is 13.5. The summed E-state index contributed by atoms with van der Waals surface area (Å²) in [5.41, 5.74) is 1.52. The van der Waals surface area contributed by atoms with E-state index in [1.54, 1.807) is 35.5 Å². The zero-order valence-corrected chi connectivity index (χ0v) is 17.3. The molecule has 3 aromatic rings. The van der Waals surface area contributed by atoms with E-state index in [1.165, 1.54) is 0 Å². The van der Waals surface area contributed by atoms with E-state index >= 15 is 0 Å². The van der Waals surface area contributed by atoms with Gasteiger partial charge in [-0.3, -0.25) is 14.6 Å². The predicted molar refractivity (Wildman–Crippen MR) is 110 cm³/mol. The first kappa shape index (κ1) is 18.8. The van der Waals surface area contributed by atoms with Gasteiger partial charge >= 0.3 is 0 Å². The average Bonchev–Trinajstić information content (AvgIpc) is 2.95. The normalized spacial score (nSPS) is 16.2. The molecule has 6 nitrogen and oxygen atoms in total. The number of nitrogens with zero attached hydrogens (tertiary/aromatic N) is 3. The van der Waals surface area contributed by atoms with Crippen LogP contribution in [0.25, 0.3) is 11.0 Å². The molecule has 2 aromatic heterocycles. The Kier molecular flexibility index (Phi) is 5.03. The van der Waals surface area contributed by atoms with Gasteiger partial charge in [0.05, 0.1) is 17.0 Å². The number of halogens is 1. The van der Waals surface area contributed by atoms with Gasteiger partial charge in [-0.1, -0.05) is 15.9 Å². The molecule has 0 radical (unpaired) electrons. The SMILES string of the molecule is CN(C)CCCN1C(=O)c2oc3ccc(Br)cc3c(=O)c2C1c1ccncc1. The van der Waals surface area contributed by atoms with Crippen molar-refractivity contribution in [2.24, 2.45) is 0 Å². The topological polar surface area (TPSA) is 66.7 Å². The summed E-state index contributed by atoms with van der Waals surface area (Å²) in [6, 6.07) is 8.47. The molecule has 0 saturated heterocycles. The number of hydrogen-bond donors (Lipinski definition) is 0. The van der Waals surface area contributed by atoms with Gasteiger partial charge in [-0.2, -0.15) is 0 Å². The van der Waals surface area contributed by atoms with Crippen molar-refractivity contribution in [3.05, 3.63) is 74.3 Å². The molecule has 0 saturated carbocycles. The summed E-state index contributed by atoms with van der Waals surface area (Å²) in [4.78, 5) is 34.4. The molecule has 1 amide bonds. The molecule has 144 valence electrons. The summed E-state index contributed by atoms with van der Waals surface area (Å²) in [5, 5.41) is 0.468. The summed E-state index contributed by atoms with van der Waals surface area (Å²) in [5.74, 6) is -0.0935. The van der Waals surface area contributed by atoms with Gasteiger partial charge < -0.3 is 14.2 Å². The quantitative estimate of drug-likeness (QED) is 0.606. The fourth-order valence-corrected chi connectivity index (χ4v) is 4.03. The van der Waals surface area contributed by atoms with Gasteiger partial charge in [-0.15, -0.1) is 0 Å². The Morgan fingerprint density at radius 2 is 1.93 bits per heavy atom. The minimum absolute atomic E-state index is 0.145. The average molecular weight is 442 g/mol. The largest absolute Gasteiger partial charge is 0.450 e. The molecular weight excluding hydrogens is 422 g/mol. The molecule has 0 N–H and O–H groups in total. The van der Waals surface area contributed by atoms with E-state index in [9.17, 15) is 9.59 Å². The third kappa shape index (κ3) is 3.25. The van der Waals surface area contributed by atoms with Gasteiger partial charge in [0.25, 0.3) is 5.91 Å². The summed E-state index contributed by atoms with van der Waals surface area (Å²) in [6.45, 7) is 1.38. The van der Waals surface area contributed by atoms with E-state index in [0.717, 1.165) is 23.0 Å². The van der Waals surface area contributed by atoms with Crippen LogP contribution in [0.4, 0.5) is 0 Å². The molecule has 28 heavy (non-hydrogen) atoms. The van der Waals surface area contributed by atoms with Crippen molar-refractivity contribution in [2.45, 2.75) is 12.5 Å². The monoisotopic (exact) mass is 441 g/mol. The predicted octanol–water partition coefficient (Wildman–Crippen LogP) is 3.45. The number of fused-ring (bicyclic) bond motifs is 2. The fourth-order valence-electron chi connectivity index (χ4n) is 3.67. The van der Waals surface area contributed by atoms with Crippen LogP contribution < -0.4 is 5.43 Å². The van der Waals surface area contributed by atoms with Crippen molar-refractivity contribution in [3.63, 3.8) is 0 Å². The summed E-state index contributed by atoms with van der Waals surface area (Å²) in [7, 11) is 3.99. The lowest BCUT2D eigenvalue weighted by molar-refractivity contribution is 0.0722. The van der Waals surface area contributed by atoms with Gasteiger partial charge in [0.2, 0.25) is 5.76 Å². The van der Waals surface area contributed by atoms with Crippen LogP contribution in [0.1, 0.15) is 34.1 Å². The zero-order chi connectivity index (χ0) is 19.8. The number of carbonyl (C=O) groups is 1. The van der Waals surface area contributed by atoms with Crippen LogP contribution in [-0.2, 0) is 0 Å². The molecule has 0 fully saturated rings. The van der Waals surface area contributed by atoms with Gasteiger partial charge in [0.15, 0.2) is 5.43 Å². The molecular formula is C21H20BrN3O3. The standard InChI is InChI=1S/C21H20BrN3O3/c1-24(2)10-3-11-25-18(13-6-8-23-9-7-13)17-19(26)15-12-14(22)4-5-16(15)28-20(17)21(25)27/h4-9,12,18H,3,10-11H2,1-2H3. The van der Waals surface area contributed by atoms with Gasteiger partial charge in [0, 0.05) is 23.4 Å². The number of rotatable bonds is 5. The lowest BCUT2D eigenvalue weighted by Crippen LogP contribution is -2.32. The van der Waals surface area contributed by atoms with Crippen molar-refractivity contribution in [1.82, 2.24) is 14.8 Å². The smallest absolute Gasteiger partial charge is 0.290 e. The molecule has 1 aliphatic heterocycles. The minimum atomic E-state index is -0.465. The Morgan fingerprint density at radius 1 is 1.18 bits per heavy atom. The number of pyridine rings is 1. The number of amides is 1. The van der Waals surface area contributed by atoms with Crippen LogP contribution in [0.5, 0.6) is 0 Å². The molecule has 1 atom stereocenters. The van der Waals surface area contributed by atoms with Crippen LogP contribution in [0.15, 0.2) is 56.4 Å². The van der Waals surface area contributed by atoms with Gasteiger partial charge in [0.1, 0.15) is 5.58 Å². The van der Waals surface area contributed by atoms with Crippen LogP contribution in [0.2, 0.25) is 0 Å².